The molecule has 1 radical (unpaired) electrons. The Hall–Kier alpha value is -0.920. The van der Waals surface area contributed by atoms with E-state index in [1.54, 1.807) is 6.07 Å². The molecule has 10 heavy (non-hydrogen) atoms. The Morgan fingerprint density at radius 2 is 2.30 bits per heavy atom. The Kier molecular flexibility index (Phi) is 2.37. The fourth-order valence-corrected chi connectivity index (χ4v) is 0.735. The minimum atomic E-state index is -0.284. The summed E-state index contributed by atoms with van der Waals surface area (Å²) in [6.07, 6.45) is 2.85. The predicted molar refractivity (Wildman–Crippen MR) is 37.9 cm³/mol. The van der Waals surface area contributed by atoms with E-state index in [2.05, 4.69) is 11.9 Å². The molecule has 0 saturated heterocycles. The van der Waals surface area contributed by atoms with Gasteiger partial charge in [-0.2, -0.15) is 0 Å². The van der Waals surface area contributed by atoms with E-state index >= 15 is 0 Å². The molecular formula is C8H9FN. The van der Waals surface area contributed by atoms with E-state index in [9.17, 15) is 4.39 Å². The highest BCUT2D eigenvalue weighted by molar-refractivity contribution is 5.05. The smallest absolute Gasteiger partial charge is 0.141 e. The van der Waals surface area contributed by atoms with Gasteiger partial charge in [0.1, 0.15) is 5.82 Å². The van der Waals surface area contributed by atoms with Crippen molar-refractivity contribution in [2.45, 2.75) is 12.8 Å². The summed E-state index contributed by atoms with van der Waals surface area (Å²) in [5.41, 5.74) is 0.899. The SMILES string of the molecule is [CH2]CCc1ccc(F)cn1. The van der Waals surface area contributed by atoms with Crippen molar-refractivity contribution in [1.29, 1.82) is 0 Å². The van der Waals surface area contributed by atoms with Crippen molar-refractivity contribution in [3.8, 4) is 0 Å². The Bertz CT molecular complexity index is 193. The van der Waals surface area contributed by atoms with Gasteiger partial charge in [-0.25, -0.2) is 4.39 Å². The highest BCUT2D eigenvalue weighted by atomic mass is 19.1. The first-order chi connectivity index (χ1) is 4.83. The highest BCUT2D eigenvalue weighted by Gasteiger charge is 1.91. The fourth-order valence-electron chi connectivity index (χ4n) is 0.735. The van der Waals surface area contributed by atoms with Gasteiger partial charge in [-0.05, 0) is 25.0 Å². The third kappa shape index (κ3) is 1.79. The predicted octanol–water partition coefficient (Wildman–Crippen LogP) is 1.99. The van der Waals surface area contributed by atoms with Gasteiger partial charge in [0.15, 0.2) is 0 Å². The van der Waals surface area contributed by atoms with Crippen LogP contribution in [0.25, 0.3) is 0 Å². The highest BCUT2D eigenvalue weighted by Crippen LogP contribution is 1.99. The van der Waals surface area contributed by atoms with Crippen molar-refractivity contribution in [1.82, 2.24) is 4.98 Å². The van der Waals surface area contributed by atoms with Gasteiger partial charge in [0.2, 0.25) is 0 Å². The number of hydrogen-bond donors (Lipinski definition) is 0. The van der Waals surface area contributed by atoms with Crippen LogP contribution in [-0.2, 0) is 6.42 Å². The summed E-state index contributed by atoms with van der Waals surface area (Å²) in [6, 6.07) is 3.10. The lowest BCUT2D eigenvalue weighted by molar-refractivity contribution is 0.619. The van der Waals surface area contributed by atoms with Crippen LogP contribution in [0.15, 0.2) is 18.3 Å². The second-order valence-corrected chi connectivity index (χ2v) is 2.07. The van der Waals surface area contributed by atoms with Crippen molar-refractivity contribution in [2.75, 3.05) is 0 Å². The van der Waals surface area contributed by atoms with Crippen LogP contribution in [0.5, 0.6) is 0 Å². The zero-order valence-corrected chi connectivity index (χ0v) is 5.68. The Labute approximate surface area is 59.9 Å². The van der Waals surface area contributed by atoms with Crippen LogP contribution in [0.4, 0.5) is 4.39 Å². The normalized spacial score (nSPS) is 9.80. The molecule has 0 atom stereocenters. The summed E-state index contributed by atoms with van der Waals surface area (Å²) in [5.74, 6) is -0.284. The van der Waals surface area contributed by atoms with E-state index in [0.29, 0.717) is 0 Å². The maximum atomic E-state index is 12.2. The second kappa shape index (κ2) is 3.30. The molecule has 0 amide bonds. The van der Waals surface area contributed by atoms with Crippen molar-refractivity contribution < 1.29 is 4.39 Å². The van der Waals surface area contributed by atoms with Gasteiger partial charge in [0.25, 0.3) is 0 Å². The number of aryl methyl sites for hydroxylation is 1. The maximum absolute atomic E-state index is 12.2. The van der Waals surface area contributed by atoms with Crippen LogP contribution in [-0.4, -0.2) is 4.98 Å². The molecule has 0 bridgehead atoms. The molecule has 0 spiro atoms. The average molecular weight is 138 g/mol. The molecule has 2 heteroatoms. The summed E-state index contributed by atoms with van der Waals surface area (Å²) in [6.45, 7) is 3.67. The maximum Gasteiger partial charge on any atom is 0.141 e. The lowest BCUT2D eigenvalue weighted by atomic mass is 10.2. The lowest BCUT2D eigenvalue weighted by Gasteiger charge is -1.94. The Balaban J connectivity index is 2.69. The van der Waals surface area contributed by atoms with Crippen LogP contribution in [0.3, 0.4) is 0 Å². The monoisotopic (exact) mass is 138 g/mol. The van der Waals surface area contributed by atoms with Crippen LogP contribution in [0, 0.1) is 12.7 Å². The van der Waals surface area contributed by atoms with Gasteiger partial charge >= 0.3 is 0 Å². The first-order valence-corrected chi connectivity index (χ1v) is 3.22. The van der Waals surface area contributed by atoms with Crippen LogP contribution < -0.4 is 0 Å². The van der Waals surface area contributed by atoms with Gasteiger partial charge in [-0.1, -0.05) is 6.92 Å². The number of hydrogen-bond acceptors (Lipinski definition) is 1. The first kappa shape index (κ1) is 7.19. The molecule has 0 saturated carbocycles. The Morgan fingerprint density at radius 3 is 2.80 bits per heavy atom. The molecule has 53 valence electrons. The standard InChI is InChI=1S/C8H9FN/c1-2-3-8-5-4-7(9)6-10-8/h4-6H,1-3H2. The molecular weight excluding hydrogens is 129 g/mol. The fraction of sp³-hybridized carbons (Fsp3) is 0.250. The van der Waals surface area contributed by atoms with Crippen LogP contribution in [0.1, 0.15) is 12.1 Å². The van der Waals surface area contributed by atoms with E-state index in [4.69, 9.17) is 0 Å². The number of nitrogens with zero attached hydrogens (tertiary/aromatic N) is 1. The molecule has 1 nitrogen and oxygen atoms in total. The number of halogens is 1. The second-order valence-electron chi connectivity index (χ2n) is 2.07. The first-order valence-electron chi connectivity index (χ1n) is 3.22. The molecule has 0 N–H and O–H groups in total. The summed E-state index contributed by atoms with van der Waals surface area (Å²) < 4.78 is 12.2. The van der Waals surface area contributed by atoms with E-state index in [1.165, 1.54) is 12.3 Å². The summed E-state index contributed by atoms with van der Waals surface area (Å²) in [5, 5.41) is 0. The third-order valence-corrected chi connectivity index (χ3v) is 1.22. The van der Waals surface area contributed by atoms with Gasteiger partial charge in [-0.15, -0.1) is 0 Å². The van der Waals surface area contributed by atoms with Gasteiger partial charge in [-0.3, -0.25) is 4.98 Å². The molecule has 1 rings (SSSR count). The Morgan fingerprint density at radius 1 is 1.50 bits per heavy atom. The number of aromatic nitrogens is 1. The van der Waals surface area contributed by atoms with E-state index in [-0.39, 0.29) is 5.82 Å². The topological polar surface area (TPSA) is 12.9 Å². The van der Waals surface area contributed by atoms with Crippen molar-refractivity contribution in [3.05, 3.63) is 36.8 Å². The molecule has 0 aliphatic heterocycles. The molecule has 0 unspecified atom stereocenters. The summed E-state index contributed by atoms with van der Waals surface area (Å²) in [7, 11) is 0. The van der Waals surface area contributed by atoms with Crippen LogP contribution in [0.2, 0.25) is 0 Å². The van der Waals surface area contributed by atoms with E-state index in [1.807, 2.05) is 0 Å². The molecule has 0 aliphatic rings. The third-order valence-electron chi connectivity index (χ3n) is 1.22. The zero-order valence-electron chi connectivity index (χ0n) is 5.68. The summed E-state index contributed by atoms with van der Waals surface area (Å²) in [4.78, 5) is 3.85. The van der Waals surface area contributed by atoms with Gasteiger partial charge < -0.3 is 0 Å². The number of rotatable bonds is 2. The minimum absolute atomic E-state index is 0.284. The lowest BCUT2D eigenvalue weighted by Crippen LogP contribution is -1.88. The molecule has 0 aromatic carbocycles. The molecule has 0 aliphatic carbocycles. The summed E-state index contributed by atoms with van der Waals surface area (Å²) >= 11 is 0. The largest absolute Gasteiger partial charge is 0.258 e. The van der Waals surface area contributed by atoms with Crippen molar-refractivity contribution in [3.63, 3.8) is 0 Å². The zero-order chi connectivity index (χ0) is 7.40. The van der Waals surface area contributed by atoms with E-state index in [0.717, 1.165) is 18.5 Å². The van der Waals surface area contributed by atoms with Gasteiger partial charge in [0.05, 0.1) is 6.20 Å². The molecule has 1 aromatic rings. The molecule has 1 heterocycles. The molecule has 0 fully saturated rings. The van der Waals surface area contributed by atoms with Crippen molar-refractivity contribution >= 4 is 0 Å². The average Bonchev–Trinajstić information content (AvgIpc) is 1.95. The van der Waals surface area contributed by atoms with Gasteiger partial charge in [0, 0.05) is 5.69 Å². The molecule has 1 aromatic heterocycles. The quantitative estimate of drug-likeness (QED) is 0.609. The van der Waals surface area contributed by atoms with Crippen molar-refractivity contribution in [2.24, 2.45) is 0 Å². The van der Waals surface area contributed by atoms with E-state index < -0.39 is 0 Å². The minimum Gasteiger partial charge on any atom is -0.258 e. The van der Waals surface area contributed by atoms with Crippen LogP contribution >= 0.6 is 0 Å². The number of pyridine rings is 1.